The van der Waals surface area contributed by atoms with E-state index in [-0.39, 0.29) is 30.8 Å². The van der Waals surface area contributed by atoms with E-state index in [4.69, 9.17) is 16.6 Å². The number of hydrogen-bond acceptors (Lipinski definition) is 6. The lowest BCUT2D eigenvalue weighted by molar-refractivity contribution is -0.136. The van der Waals surface area contributed by atoms with Crippen molar-refractivity contribution >= 4 is 51.5 Å². The average Bonchev–Trinajstić information content (AvgIpc) is 3.63. The van der Waals surface area contributed by atoms with Crippen molar-refractivity contribution in [2.24, 2.45) is 0 Å². The van der Waals surface area contributed by atoms with E-state index in [1.54, 1.807) is 6.07 Å². The minimum Gasteiger partial charge on any atom is -0.616 e. The maximum atomic E-state index is 13.2. The minimum atomic E-state index is -0.779. The monoisotopic (exact) mass is 565 g/mol. The summed E-state index contributed by atoms with van der Waals surface area (Å²) in [7, 11) is 0. The van der Waals surface area contributed by atoms with Gasteiger partial charge in [0.1, 0.15) is 29.2 Å². The Labute approximate surface area is 233 Å². The summed E-state index contributed by atoms with van der Waals surface area (Å²) < 4.78 is 14.0. The number of imide groups is 1. The van der Waals surface area contributed by atoms with Gasteiger partial charge < -0.3 is 14.0 Å². The summed E-state index contributed by atoms with van der Waals surface area (Å²) in [6, 6.07) is 7.30. The molecule has 9 nitrogen and oxygen atoms in total. The van der Waals surface area contributed by atoms with Crippen molar-refractivity contribution in [3.63, 3.8) is 0 Å². The van der Waals surface area contributed by atoms with Gasteiger partial charge in [0, 0.05) is 47.8 Å². The van der Waals surface area contributed by atoms with Crippen molar-refractivity contribution in [1.29, 1.82) is 0 Å². The second-order valence-electron chi connectivity index (χ2n) is 10.9. The number of carbonyl (C=O) groups is 3. The molecule has 0 radical (unpaired) electrons. The molecule has 3 fully saturated rings. The fourth-order valence-corrected chi connectivity index (χ4v) is 7.69. The third kappa shape index (κ3) is 4.25. The summed E-state index contributed by atoms with van der Waals surface area (Å²) in [5.74, 6) is 0.257. The van der Waals surface area contributed by atoms with E-state index in [1.807, 2.05) is 6.07 Å². The molecule has 0 bridgehead atoms. The molecule has 1 aromatic carbocycles. The first kappa shape index (κ1) is 25.1. The molecule has 0 aliphatic carbocycles. The molecule has 3 aromatic rings. The first-order valence-electron chi connectivity index (χ1n) is 13.4. The van der Waals surface area contributed by atoms with Crippen LogP contribution < -0.4 is 5.32 Å². The van der Waals surface area contributed by atoms with Gasteiger partial charge in [0.05, 0.1) is 10.7 Å². The molecule has 4 aliphatic rings. The zero-order valence-electron chi connectivity index (χ0n) is 21.3. The summed E-state index contributed by atoms with van der Waals surface area (Å²) in [6.45, 7) is 3.16. The van der Waals surface area contributed by atoms with Gasteiger partial charge in [-0.25, -0.2) is 4.98 Å². The Hall–Kier alpha value is -2.92. The highest BCUT2D eigenvalue weighted by Gasteiger charge is 2.40. The molecular formula is C28H28ClN5O4S. The molecule has 1 N–H and O–H groups in total. The van der Waals surface area contributed by atoms with Gasteiger partial charge in [0.25, 0.3) is 5.91 Å². The first-order valence-corrected chi connectivity index (χ1v) is 15.3. The SMILES string of the molecule is O=C1CCC(N2Cc3c(ccc(-c4cc(CN5CCCC5)c5ccn(C6C[S+]([O-])C6)c5n4)c3Cl)C2=O)C(=O)N1. The molecule has 0 spiro atoms. The van der Waals surface area contributed by atoms with E-state index in [1.165, 1.54) is 23.3 Å². The molecule has 11 heteroatoms. The number of piperidine rings is 1. The molecule has 7 rings (SSSR count). The van der Waals surface area contributed by atoms with Crippen LogP contribution in [0, 0.1) is 0 Å². The second kappa shape index (κ2) is 9.62. The van der Waals surface area contributed by atoms with Crippen LogP contribution in [0.4, 0.5) is 0 Å². The Kier molecular flexibility index (Phi) is 6.18. The molecule has 2 aromatic heterocycles. The topological polar surface area (TPSA) is 111 Å². The van der Waals surface area contributed by atoms with Crippen molar-refractivity contribution < 1.29 is 18.9 Å². The van der Waals surface area contributed by atoms with Crippen molar-refractivity contribution in [2.45, 2.75) is 50.9 Å². The van der Waals surface area contributed by atoms with Gasteiger partial charge >= 0.3 is 0 Å². The predicted octanol–water partition coefficient (Wildman–Crippen LogP) is 3.02. The van der Waals surface area contributed by atoms with E-state index in [9.17, 15) is 18.9 Å². The highest BCUT2D eigenvalue weighted by molar-refractivity contribution is 7.92. The van der Waals surface area contributed by atoms with E-state index in [0.29, 0.717) is 34.1 Å². The predicted molar refractivity (Wildman–Crippen MR) is 148 cm³/mol. The van der Waals surface area contributed by atoms with Gasteiger partial charge in [-0.05, 0) is 67.3 Å². The van der Waals surface area contributed by atoms with Crippen LogP contribution in [-0.4, -0.2) is 72.3 Å². The smallest absolute Gasteiger partial charge is 0.255 e. The quantitative estimate of drug-likeness (QED) is 0.376. The van der Waals surface area contributed by atoms with Gasteiger partial charge in [-0.2, -0.15) is 0 Å². The summed E-state index contributed by atoms with van der Waals surface area (Å²) in [4.78, 5) is 46.4. The van der Waals surface area contributed by atoms with Crippen molar-refractivity contribution in [2.75, 3.05) is 24.6 Å². The second-order valence-corrected chi connectivity index (χ2v) is 12.8. The highest BCUT2D eigenvalue weighted by Crippen LogP contribution is 2.40. The summed E-state index contributed by atoms with van der Waals surface area (Å²) in [5, 5.41) is 3.90. The summed E-state index contributed by atoms with van der Waals surface area (Å²) in [5.41, 5.74) is 4.67. The van der Waals surface area contributed by atoms with Gasteiger partial charge in [-0.15, -0.1) is 0 Å². The Morgan fingerprint density at radius 1 is 1.10 bits per heavy atom. The van der Waals surface area contributed by atoms with Crippen LogP contribution in [0.3, 0.4) is 0 Å². The number of hydrogen-bond donors (Lipinski definition) is 1. The number of halogens is 1. The lowest BCUT2D eigenvalue weighted by Crippen LogP contribution is -2.52. The van der Waals surface area contributed by atoms with Gasteiger partial charge in [-0.3, -0.25) is 24.6 Å². The van der Waals surface area contributed by atoms with Crippen LogP contribution in [0.15, 0.2) is 30.5 Å². The van der Waals surface area contributed by atoms with Crippen molar-refractivity contribution in [3.8, 4) is 11.3 Å². The normalized spacial score (nSPS) is 25.3. The third-order valence-corrected chi connectivity index (χ3v) is 10.4. The fourth-order valence-electron chi connectivity index (χ4n) is 6.28. The van der Waals surface area contributed by atoms with Gasteiger partial charge in [-0.1, -0.05) is 17.7 Å². The van der Waals surface area contributed by atoms with Crippen LogP contribution in [-0.2, 0) is 33.9 Å². The zero-order valence-corrected chi connectivity index (χ0v) is 22.9. The summed E-state index contributed by atoms with van der Waals surface area (Å²) >= 11 is 6.22. The maximum Gasteiger partial charge on any atom is 0.255 e. The number of aromatic nitrogens is 2. The molecule has 202 valence electrons. The maximum absolute atomic E-state index is 13.2. The van der Waals surface area contributed by atoms with Crippen molar-refractivity contribution in [3.05, 3.63) is 52.2 Å². The number of rotatable bonds is 5. The average molecular weight is 566 g/mol. The number of benzene rings is 1. The van der Waals surface area contributed by atoms with Gasteiger partial charge in [0.2, 0.25) is 11.8 Å². The molecule has 4 aliphatic heterocycles. The molecular weight excluding hydrogens is 538 g/mol. The molecule has 3 amide bonds. The highest BCUT2D eigenvalue weighted by atomic mass is 35.5. The standard InChI is InChI=1S/C28H28ClN5O4S/c29-25-20(4-3-19-21(25)13-34(28(19)37)23-5-6-24(35)31-27(23)36)22-11-16(12-32-8-1-2-9-32)18-7-10-33(26(18)30-22)17-14-39(38)15-17/h3-4,7,10-11,17,23H,1-2,5-6,8-9,12-15H2,(H,31,35,36). The first-order chi connectivity index (χ1) is 18.9. The number of amides is 3. The minimum absolute atomic E-state index is 0.168. The number of nitrogens with one attached hydrogen (secondary N) is 1. The Morgan fingerprint density at radius 3 is 2.62 bits per heavy atom. The van der Waals surface area contributed by atoms with E-state index >= 15 is 0 Å². The number of pyridine rings is 1. The lowest BCUT2D eigenvalue weighted by atomic mass is 10.0. The largest absolute Gasteiger partial charge is 0.616 e. The van der Waals surface area contributed by atoms with Crippen LogP contribution in [0.25, 0.3) is 22.3 Å². The van der Waals surface area contributed by atoms with Crippen LogP contribution in [0.2, 0.25) is 5.02 Å². The molecule has 3 saturated heterocycles. The van der Waals surface area contributed by atoms with Crippen LogP contribution in [0.1, 0.15) is 53.2 Å². The fraction of sp³-hybridized carbons (Fsp3) is 0.429. The van der Waals surface area contributed by atoms with E-state index in [2.05, 4.69) is 33.1 Å². The third-order valence-electron chi connectivity index (χ3n) is 8.44. The number of likely N-dealkylation sites (tertiary alicyclic amines) is 1. The molecule has 1 unspecified atom stereocenters. The Bertz CT molecular complexity index is 1530. The summed E-state index contributed by atoms with van der Waals surface area (Å²) in [6.07, 6.45) is 4.95. The van der Waals surface area contributed by atoms with Crippen LogP contribution >= 0.6 is 11.6 Å². The van der Waals surface area contributed by atoms with Crippen molar-refractivity contribution in [1.82, 2.24) is 24.7 Å². The molecule has 39 heavy (non-hydrogen) atoms. The molecule has 1 atom stereocenters. The zero-order chi connectivity index (χ0) is 26.8. The Morgan fingerprint density at radius 2 is 1.87 bits per heavy atom. The van der Waals surface area contributed by atoms with Crippen LogP contribution in [0.5, 0.6) is 0 Å². The molecule has 6 heterocycles. The van der Waals surface area contributed by atoms with Gasteiger partial charge in [0.15, 0.2) is 0 Å². The lowest BCUT2D eigenvalue weighted by Gasteiger charge is -2.30. The number of carbonyl (C=O) groups excluding carboxylic acids is 3. The van der Waals surface area contributed by atoms with E-state index < -0.39 is 23.1 Å². The number of nitrogens with zero attached hydrogens (tertiary/aromatic N) is 4. The van der Waals surface area contributed by atoms with E-state index in [0.717, 1.165) is 41.9 Å². The molecule has 0 saturated carbocycles. The number of fused-ring (bicyclic) bond motifs is 2. The Balaban J connectivity index is 1.28.